The molecule has 2 rings (SSSR count). The lowest BCUT2D eigenvalue weighted by molar-refractivity contribution is 0.268. The molecule has 2 aliphatic rings. The van der Waals surface area contributed by atoms with E-state index in [0.29, 0.717) is 0 Å². The van der Waals surface area contributed by atoms with Crippen molar-refractivity contribution in [1.82, 2.24) is 0 Å². The maximum absolute atomic E-state index is 2.34. The van der Waals surface area contributed by atoms with Gasteiger partial charge in [0, 0.05) is 0 Å². The minimum absolute atomic E-state index is 1.10. The van der Waals surface area contributed by atoms with Crippen molar-refractivity contribution in [2.45, 2.75) is 71.1 Å². The zero-order valence-corrected chi connectivity index (χ0v) is 9.80. The highest BCUT2D eigenvalue weighted by Crippen LogP contribution is 2.39. The van der Waals surface area contributed by atoms with Crippen LogP contribution < -0.4 is 0 Å². The van der Waals surface area contributed by atoms with Gasteiger partial charge in [0.15, 0.2) is 0 Å². The Bertz CT molecular complexity index is 157. The Morgan fingerprint density at radius 2 is 1.43 bits per heavy atom. The summed E-state index contributed by atoms with van der Waals surface area (Å²) < 4.78 is 0. The van der Waals surface area contributed by atoms with Gasteiger partial charge in [-0.2, -0.15) is 0 Å². The van der Waals surface area contributed by atoms with Crippen molar-refractivity contribution in [2.24, 2.45) is 17.8 Å². The monoisotopic (exact) mass is 194 g/mol. The lowest BCUT2D eigenvalue weighted by atomic mass is 9.80. The molecule has 0 aromatic heterocycles. The maximum atomic E-state index is 2.34. The fourth-order valence-electron chi connectivity index (χ4n) is 3.36. The smallest absolute Gasteiger partial charge is 0.0411 e. The minimum Gasteiger partial charge on any atom is -0.0654 e. The molecule has 0 radical (unpaired) electrons. The third kappa shape index (κ3) is 2.74. The van der Waals surface area contributed by atoms with Gasteiger partial charge in [0.1, 0.15) is 0 Å². The molecule has 0 heteroatoms. The molecule has 2 atom stereocenters. The molecule has 0 N–H and O–H groups in total. The zero-order chi connectivity index (χ0) is 9.80. The largest absolute Gasteiger partial charge is 0.0654 e. The van der Waals surface area contributed by atoms with Crippen LogP contribution in [0.5, 0.6) is 0 Å². The molecule has 14 heavy (non-hydrogen) atoms. The quantitative estimate of drug-likeness (QED) is 0.590. The molecule has 0 spiro atoms. The van der Waals surface area contributed by atoms with Gasteiger partial charge in [0.2, 0.25) is 0 Å². The van der Waals surface area contributed by atoms with E-state index in [9.17, 15) is 0 Å². The molecule has 2 unspecified atom stereocenters. The van der Waals surface area contributed by atoms with E-state index in [1.807, 2.05) is 0 Å². The highest BCUT2D eigenvalue weighted by atomic mass is 14.3. The second-order valence-electron chi connectivity index (χ2n) is 5.71. The summed E-state index contributed by atoms with van der Waals surface area (Å²) in [7, 11) is 0. The Morgan fingerprint density at radius 1 is 0.786 bits per heavy atom. The van der Waals surface area contributed by atoms with E-state index in [1.54, 1.807) is 44.9 Å². The van der Waals surface area contributed by atoms with Gasteiger partial charge < -0.3 is 0 Å². The molecule has 82 valence electrons. The van der Waals surface area contributed by atoms with Gasteiger partial charge in [0.05, 0.1) is 0 Å². The van der Waals surface area contributed by atoms with Crippen LogP contribution in [0.15, 0.2) is 0 Å². The van der Waals surface area contributed by atoms with Gasteiger partial charge >= 0.3 is 0 Å². The molecule has 2 aliphatic carbocycles. The van der Waals surface area contributed by atoms with Gasteiger partial charge in [-0.1, -0.05) is 64.7 Å². The van der Waals surface area contributed by atoms with Crippen molar-refractivity contribution < 1.29 is 0 Å². The highest BCUT2D eigenvalue weighted by molar-refractivity contribution is 4.78. The van der Waals surface area contributed by atoms with E-state index in [1.165, 1.54) is 19.3 Å². The molecule has 0 amide bonds. The third-order valence-electron chi connectivity index (χ3n) is 4.55. The molecular weight excluding hydrogens is 168 g/mol. The van der Waals surface area contributed by atoms with Gasteiger partial charge in [-0.15, -0.1) is 0 Å². The second kappa shape index (κ2) is 5.19. The van der Waals surface area contributed by atoms with Crippen LogP contribution in [0.2, 0.25) is 0 Å². The standard InChI is InChI=1S/C14H26/c1-2-4-13-9-10-14(11-13)8-7-12-5-3-6-12/h12-14H,2-11H2,1H3. The first-order valence-electron chi connectivity index (χ1n) is 6.88. The lowest BCUT2D eigenvalue weighted by Crippen LogP contribution is -2.12. The van der Waals surface area contributed by atoms with Crippen molar-refractivity contribution >= 4 is 0 Å². The highest BCUT2D eigenvalue weighted by Gasteiger charge is 2.25. The van der Waals surface area contributed by atoms with E-state index in [0.717, 1.165) is 17.8 Å². The molecule has 0 aromatic carbocycles. The number of rotatable bonds is 5. The molecule has 0 nitrogen and oxygen atoms in total. The van der Waals surface area contributed by atoms with Crippen LogP contribution in [0.1, 0.15) is 71.1 Å². The van der Waals surface area contributed by atoms with E-state index in [4.69, 9.17) is 0 Å². The second-order valence-corrected chi connectivity index (χ2v) is 5.71. The Balaban J connectivity index is 1.58. The number of hydrogen-bond donors (Lipinski definition) is 0. The molecule has 2 saturated carbocycles. The summed E-state index contributed by atoms with van der Waals surface area (Å²) >= 11 is 0. The Labute approximate surface area is 89.5 Å². The van der Waals surface area contributed by atoms with E-state index in [2.05, 4.69) is 6.92 Å². The summed E-state index contributed by atoms with van der Waals surface area (Å²) in [6.07, 6.45) is 15.3. The maximum Gasteiger partial charge on any atom is -0.0411 e. The fraction of sp³-hybridized carbons (Fsp3) is 1.00. The van der Waals surface area contributed by atoms with Crippen molar-refractivity contribution in [3.63, 3.8) is 0 Å². The third-order valence-corrected chi connectivity index (χ3v) is 4.55. The molecule has 2 fully saturated rings. The lowest BCUT2D eigenvalue weighted by Gasteiger charge is -2.26. The van der Waals surface area contributed by atoms with E-state index < -0.39 is 0 Å². The first-order valence-corrected chi connectivity index (χ1v) is 6.88. The zero-order valence-electron chi connectivity index (χ0n) is 9.80. The molecular formula is C14H26. The Hall–Kier alpha value is 0. The number of hydrogen-bond acceptors (Lipinski definition) is 0. The van der Waals surface area contributed by atoms with Gasteiger partial charge in [-0.3, -0.25) is 0 Å². The fourth-order valence-corrected chi connectivity index (χ4v) is 3.36. The van der Waals surface area contributed by atoms with Crippen LogP contribution in [0.25, 0.3) is 0 Å². The van der Waals surface area contributed by atoms with Crippen molar-refractivity contribution in [2.75, 3.05) is 0 Å². The SMILES string of the molecule is CCCC1CCC(CCC2CCC2)C1. The normalized spacial score (nSPS) is 33.2. The summed E-state index contributed by atoms with van der Waals surface area (Å²) in [5, 5.41) is 0. The van der Waals surface area contributed by atoms with Crippen LogP contribution in [0, 0.1) is 17.8 Å². The summed E-state index contributed by atoms with van der Waals surface area (Å²) in [6.45, 7) is 2.34. The summed E-state index contributed by atoms with van der Waals surface area (Å²) in [4.78, 5) is 0. The predicted octanol–water partition coefficient (Wildman–Crippen LogP) is 4.78. The van der Waals surface area contributed by atoms with E-state index in [-0.39, 0.29) is 0 Å². The predicted molar refractivity (Wildman–Crippen MR) is 62.3 cm³/mol. The average Bonchev–Trinajstić information content (AvgIpc) is 2.51. The van der Waals surface area contributed by atoms with Crippen LogP contribution in [0.4, 0.5) is 0 Å². The summed E-state index contributed by atoms with van der Waals surface area (Å²) in [5.74, 6) is 3.36. The molecule has 0 bridgehead atoms. The van der Waals surface area contributed by atoms with Gasteiger partial charge in [-0.05, 0) is 24.2 Å². The van der Waals surface area contributed by atoms with Crippen molar-refractivity contribution in [3.05, 3.63) is 0 Å². The molecule has 0 saturated heterocycles. The summed E-state index contributed by atoms with van der Waals surface area (Å²) in [5.41, 5.74) is 0. The Morgan fingerprint density at radius 3 is 2.00 bits per heavy atom. The van der Waals surface area contributed by atoms with Crippen molar-refractivity contribution in [3.8, 4) is 0 Å². The first kappa shape index (κ1) is 10.5. The van der Waals surface area contributed by atoms with Crippen LogP contribution in [0.3, 0.4) is 0 Å². The minimum atomic E-state index is 1.10. The van der Waals surface area contributed by atoms with Gasteiger partial charge in [-0.25, -0.2) is 0 Å². The average molecular weight is 194 g/mol. The van der Waals surface area contributed by atoms with Crippen molar-refractivity contribution in [1.29, 1.82) is 0 Å². The molecule has 0 aromatic rings. The van der Waals surface area contributed by atoms with Crippen LogP contribution in [-0.4, -0.2) is 0 Å². The first-order chi connectivity index (χ1) is 6.88. The van der Waals surface area contributed by atoms with Crippen LogP contribution in [-0.2, 0) is 0 Å². The van der Waals surface area contributed by atoms with Gasteiger partial charge in [0.25, 0.3) is 0 Å². The molecule has 0 heterocycles. The summed E-state index contributed by atoms with van der Waals surface area (Å²) in [6, 6.07) is 0. The molecule has 0 aliphatic heterocycles. The van der Waals surface area contributed by atoms with E-state index >= 15 is 0 Å². The van der Waals surface area contributed by atoms with Crippen LogP contribution >= 0.6 is 0 Å². The topological polar surface area (TPSA) is 0 Å². The Kier molecular flexibility index (Phi) is 3.89.